The Hall–Kier alpha value is -2.95. The van der Waals surface area contributed by atoms with Crippen LogP contribution >= 0.6 is 0 Å². The van der Waals surface area contributed by atoms with E-state index in [0.29, 0.717) is 5.56 Å². The minimum atomic E-state index is -1.01. The molecule has 2 aromatic carbocycles. The number of Topliss-reactive ketones (excluding diaryl/α,β-unsaturated/α-hetero) is 1. The molecule has 0 radical (unpaired) electrons. The molecule has 0 saturated carbocycles. The Morgan fingerprint density at radius 3 is 2.52 bits per heavy atom. The van der Waals surface area contributed by atoms with Crippen molar-refractivity contribution in [2.45, 2.75) is 13.0 Å². The molecule has 0 amide bonds. The van der Waals surface area contributed by atoms with Crippen molar-refractivity contribution in [3.05, 3.63) is 71.7 Å². The lowest BCUT2D eigenvalue weighted by molar-refractivity contribution is 0.0315. The van der Waals surface area contributed by atoms with Crippen LogP contribution in [0.15, 0.2) is 54.7 Å². The van der Waals surface area contributed by atoms with Gasteiger partial charge in [-0.25, -0.2) is 9.18 Å². The van der Waals surface area contributed by atoms with Gasteiger partial charge in [0.15, 0.2) is 6.10 Å². The number of esters is 1. The Morgan fingerprint density at radius 2 is 1.74 bits per heavy atom. The molecule has 0 aliphatic carbocycles. The van der Waals surface area contributed by atoms with Gasteiger partial charge in [0.2, 0.25) is 5.78 Å². The molecule has 0 aliphatic rings. The standard InChI is InChI=1S/C18H14FNO3/c1-11(23-18(22)13-7-2-4-8-15(13)19)17(21)14-10-20-16-9-5-3-6-12(14)16/h2-11,20H,1H3/t11-/m1/s1. The third-order valence-electron chi connectivity index (χ3n) is 3.60. The largest absolute Gasteiger partial charge is 0.451 e. The predicted octanol–water partition coefficient (Wildman–Crippen LogP) is 3.74. The number of halogens is 1. The number of ketones is 1. The highest BCUT2D eigenvalue weighted by molar-refractivity contribution is 6.10. The van der Waals surface area contributed by atoms with Crippen molar-refractivity contribution in [2.24, 2.45) is 0 Å². The van der Waals surface area contributed by atoms with E-state index in [9.17, 15) is 14.0 Å². The molecule has 3 aromatic rings. The summed E-state index contributed by atoms with van der Waals surface area (Å²) in [4.78, 5) is 27.5. The summed E-state index contributed by atoms with van der Waals surface area (Å²) in [5, 5.41) is 0.756. The molecule has 5 heteroatoms. The number of aromatic amines is 1. The number of benzene rings is 2. The number of hydrogen-bond donors (Lipinski definition) is 1. The lowest BCUT2D eigenvalue weighted by Gasteiger charge is -2.12. The zero-order valence-electron chi connectivity index (χ0n) is 12.4. The van der Waals surface area contributed by atoms with Crippen molar-refractivity contribution in [1.29, 1.82) is 0 Å². The third kappa shape index (κ3) is 2.85. The van der Waals surface area contributed by atoms with Crippen LogP contribution in [0.1, 0.15) is 27.6 Å². The summed E-state index contributed by atoms with van der Waals surface area (Å²) >= 11 is 0. The maximum absolute atomic E-state index is 13.6. The van der Waals surface area contributed by atoms with Gasteiger partial charge < -0.3 is 9.72 Å². The topological polar surface area (TPSA) is 59.2 Å². The molecule has 4 nitrogen and oxygen atoms in total. The Morgan fingerprint density at radius 1 is 1.04 bits per heavy atom. The monoisotopic (exact) mass is 311 g/mol. The van der Waals surface area contributed by atoms with Crippen molar-refractivity contribution in [1.82, 2.24) is 4.98 Å². The van der Waals surface area contributed by atoms with Gasteiger partial charge in [-0.15, -0.1) is 0 Å². The minimum absolute atomic E-state index is 0.189. The molecule has 0 bridgehead atoms. The summed E-state index contributed by atoms with van der Waals surface area (Å²) in [5.74, 6) is -1.87. The molecular formula is C18H14FNO3. The molecule has 1 heterocycles. The van der Waals surface area contributed by atoms with Crippen LogP contribution in [0.4, 0.5) is 4.39 Å². The first kappa shape index (κ1) is 15.0. The van der Waals surface area contributed by atoms with Gasteiger partial charge in [0.25, 0.3) is 0 Å². The van der Waals surface area contributed by atoms with E-state index in [1.807, 2.05) is 24.3 Å². The van der Waals surface area contributed by atoms with Crippen molar-refractivity contribution in [3.8, 4) is 0 Å². The predicted molar refractivity (Wildman–Crippen MR) is 83.9 cm³/mol. The first-order valence-electron chi connectivity index (χ1n) is 7.14. The summed E-state index contributed by atoms with van der Waals surface area (Å²) in [6.45, 7) is 1.48. The van der Waals surface area contributed by atoms with Crippen LogP contribution in [0.25, 0.3) is 10.9 Å². The second-order valence-corrected chi connectivity index (χ2v) is 5.14. The fourth-order valence-corrected chi connectivity index (χ4v) is 2.40. The number of aromatic nitrogens is 1. The number of fused-ring (bicyclic) bond motifs is 1. The van der Waals surface area contributed by atoms with Crippen molar-refractivity contribution in [2.75, 3.05) is 0 Å². The average Bonchev–Trinajstić information content (AvgIpc) is 2.98. The van der Waals surface area contributed by atoms with E-state index < -0.39 is 17.9 Å². The Labute approximate surface area is 131 Å². The second-order valence-electron chi connectivity index (χ2n) is 5.14. The molecular weight excluding hydrogens is 297 g/mol. The van der Waals surface area contributed by atoms with Crippen LogP contribution < -0.4 is 0 Å². The van der Waals surface area contributed by atoms with Gasteiger partial charge in [0, 0.05) is 22.7 Å². The SMILES string of the molecule is C[C@@H](OC(=O)c1ccccc1F)C(=O)c1c[nH]c2ccccc12. The molecule has 116 valence electrons. The fourth-order valence-electron chi connectivity index (χ4n) is 2.40. The summed E-state index contributed by atoms with van der Waals surface area (Å²) in [5.41, 5.74) is 1.07. The Bertz CT molecular complexity index is 885. The molecule has 0 unspecified atom stereocenters. The number of rotatable bonds is 4. The molecule has 0 saturated heterocycles. The van der Waals surface area contributed by atoms with Crippen LogP contribution in [-0.4, -0.2) is 22.8 Å². The average molecular weight is 311 g/mol. The van der Waals surface area contributed by atoms with Gasteiger partial charge in [-0.3, -0.25) is 4.79 Å². The highest BCUT2D eigenvalue weighted by Crippen LogP contribution is 2.20. The van der Waals surface area contributed by atoms with Crippen LogP contribution in [0.3, 0.4) is 0 Å². The Balaban J connectivity index is 1.80. The van der Waals surface area contributed by atoms with E-state index >= 15 is 0 Å². The quantitative estimate of drug-likeness (QED) is 0.590. The smallest absolute Gasteiger partial charge is 0.341 e. The number of nitrogens with one attached hydrogen (secondary N) is 1. The fraction of sp³-hybridized carbons (Fsp3) is 0.111. The molecule has 1 atom stereocenters. The number of carbonyl (C=O) groups excluding carboxylic acids is 2. The van der Waals surface area contributed by atoms with Gasteiger partial charge in [0.05, 0.1) is 5.56 Å². The lowest BCUT2D eigenvalue weighted by Crippen LogP contribution is -2.24. The maximum atomic E-state index is 13.6. The van der Waals surface area contributed by atoms with E-state index in [1.165, 1.54) is 31.2 Å². The van der Waals surface area contributed by atoms with Crippen LogP contribution in [0.5, 0.6) is 0 Å². The molecule has 0 aliphatic heterocycles. The van der Waals surface area contributed by atoms with Gasteiger partial charge in [-0.2, -0.15) is 0 Å². The summed E-state index contributed by atoms with van der Waals surface area (Å²) < 4.78 is 18.7. The van der Waals surface area contributed by atoms with Gasteiger partial charge in [-0.05, 0) is 25.1 Å². The molecule has 3 rings (SSSR count). The third-order valence-corrected chi connectivity index (χ3v) is 3.60. The second kappa shape index (κ2) is 6.04. The van der Waals surface area contributed by atoms with E-state index in [-0.39, 0.29) is 11.3 Å². The van der Waals surface area contributed by atoms with Crippen molar-refractivity contribution in [3.63, 3.8) is 0 Å². The van der Waals surface area contributed by atoms with E-state index in [1.54, 1.807) is 6.20 Å². The molecule has 0 spiro atoms. The van der Waals surface area contributed by atoms with E-state index in [4.69, 9.17) is 4.74 Å². The Kier molecular flexibility index (Phi) is 3.93. The van der Waals surface area contributed by atoms with Gasteiger partial charge >= 0.3 is 5.97 Å². The zero-order chi connectivity index (χ0) is 16.4. The maximum Gasteiger partial charge on any atom is 0.341 e. The molecule has 0 fully saturated rings. The summed E-state index contributed by atoms with van der Waals surface area (Å²) in [6.07, 6.45) is 0.571. The summed E-state index contributed by atoms with van der Waals surface area (Å²) in [6, 6.07) is 12.8. The van der Waals surface area contributed by atoms with E-state index in [2.05, 4.69) is 4.98 Å². The van der Waals surface area contributed by atoms with Gasteiger partial charge in [-0.1, -0.05) is 30.3 Å². The summed E-state index contributed by atoms with van der Waals surface area (Å²) in [7, 11) is 0. The first-order valence-corrected chi connectivity index (χ1v) is 7.14. The van der Waals surface area contributed by atoms with Crippen molar-refractivity contribution < 1.29 is 18.7 Å². The normalized spacial score (nSPS) is 12.1. The zero-order valence-corrected chi connectivity index (χ0v) is 12.4. The van der Waals surface area contributed by atoms with E-state index in [0.717, 1.165) is 10.9 Å². The first-order chi connectivity index (χ1) is 11.1. The highest BCUT2D eigenvalue weighted by atomic mass is 19.1. The number of carbonyl (C=O) groups is 2. The number of H-pyrrole nitrogens is 1. The molecule has 1 N–H and O–H groups in total. The van der Waals surface area contributed by atoms with Crippen LogP contribution in [0, 0.1) is 5.82 Å². The minimum Gasteiger partial charge on any atom is -0.451 e. The van der Waals surface area contributed by atoms with Gasteiger partial charge in [0.1, 0.15) is 5.82 Å². The number of hydrogen-bond acceptors (Lipinski definition) is 3. The molecule has 1 aromatic heterocycles. The molecule has 23 heavy (non-hydrogen) atoms. The van der Waals surface area contributed by atoms with Crippen LogP contribution in [-0.2, 0) is 4.74 Å². The van der Waals surface area contributed by atoms with Crippen molar-refractivity contribution >= 4 is 22.7 Å². The number of para-hydroxylation sites is 1. The lowest BCUT2D eigenvalue weighted by atomic mass is 10.1. The highest BCUT2D eigenvalue weighted by Gasteiger charge is 2.23. The van der Waals surface area contributed by atoms with Crippen LogP contribution in [0.2, 0.25) is 0 Å². The number of ether oxygens (including phenoxy) is 1.